The minimum Gasteiger partial charge on any atom is -0.329 e. The van der Waals surface area contributed by atoms with Gasteiger partial charge in [-0.15, -0.1) is 0 Å². The lowest BCUT2D eigenvalue weighted by atomic mass is 10.0. The van der Waals surface area contributed by atoms with Gasteiger partial charge in [0.25, 0.3) is 5.91 Å². The number of ketones is 1. The fraction of sp³-hybridized carbons (Fsp3) is 0.250. The number of hydrogen-bond donors (Lipinski definition) is 1. The molecule has 2 aromatic heterocycles. The van der Waals surface area contributed by atoms with Gasteiger partial charge in [0.15, 0.2) is 5.78 Å². The minimum absolute atomic E-state index is 0.192. The summed E-state index contributed by atoms with van der Waals surface area (Å²) in [4.78, 5) is 34.8. The number of alkyl halides is 3. The third-order valence-electron chi connectivity index (χ3n) is 4.81. The average Bonchev–Trinajstić information content (AvgIpc) is 3.30. The summed E-state index contributed by atoms with van der Waals surface area (Å²) in [5.74, 6) is -2.40. The highest BCUT2D eigenvalue weighted by Gasteiger charge is 2.38. The summed E-state index contributed by atoms with van der Waals surface area (Å²) in [6, 6.07) is 8.31. The predicted octanol–water partition coefficient (Wildman–Crippen LogP) is 2.45. The number of nitrogens with one attached hydrogen (secondary N) is 1. The van der Waals surface area contributed by atoms with Crippen LogP contribution in [-0.2, 0) is 6.18 Å². The van der Waals surface area contributed by atoms with Gasteiger partial charge in [0.1, 0.15) is 6.04 Å². The van der Waals surface area contributed by atoms with Crippen molar-refractivity contribution in [3.05, 3.63) is 65.8 Å². The smallest absolute Gasteiger partial charge is 0.329 e. The summed E-state index contributed by atoms with van der Waals surface area (Å²) in [7, 11) is 0. The fourth-order valence-corrected chi connectivity index (χ4v) is 3.30. The Morgan fingerprint density at radius 3 is 2.61 bits per heavy atom. The van der Waals surface area contributed by atoms with Crippen LogP contribution in [0.1, 0.15) is 26.6 Å². The number of nitrogens with zero attached hydrogens (tertiary/aromatic N) is 4. The maximum Gasteiger partial charge on any atom is 0.471 e. The Balaban J connectivity index is 1.60. The highest BCUT2D eigenvalue weighted by molar-refractivity contribution is 6.04. The van der Waals surface area contributed by atoms with Crippen molar-refractivity contribution in [3.8, 4) is 11.4 Å². The molecule has 31 heavy (non-hydrogen) atoms. The Labute approximate surface area is 174 Å². The zero-order valence-corrected chi connectivity index (χ0v) is 16.0. The Hall–Kier alpha value is -3.60. The van der Waals surface area contributed by atoms with Gasteiger partial charge in [0.2, 0.25) is 5.82 Å². The molecule has 0 spiro atoms. The van der Waals surface area contributed by atoms with Gasteiger partial charge in [-0.25, -0.2) is 0 Å². The van der Waals surface area contributed by atoms with Crippen LogP contribution in [-0.4, -0.2) is 57.4 Å². The molecule has 1 amide bonds. The molecular weight excluding hydrogens is 415 g/mol. The first kappa shape index (κ1) is 20.7. The zero-order chi connectivity index (χ0) is 22.0. The van der Waals surface area contributed by atoms with Crippen molar-refractivity contribution in [2.24, 2.45) is 0 Å². The van der Waals surface area contributed by atoms with Crippen LogP contribution in [0.3, 0.4) is 0 Å². The van der Waals surface area contributed by atoms with Gasteiger partial charge in [-0.3, -0.25) is 14.6 Å². The Morgan fingerprint density at radius 2 is 1.90 bits per heavy atom. The first-order valence-electron chi connectivity index (χ1n) is 9.32. The van der Waals surface area contributed by atoms with Crippen molar-refractivity contribution >= 4 is 11.7 Å². The second kappa shape index (κ2) is 8.26. The van der Waals surface area contributed by atoms with Crippen LogP contribution < -0.4 is 5.32 Å². The topological polar surface area (TPSA) is 101 Å². The third kappa shape index (κ3) is 4.31. The molecule has 0 radical (unpaired) electrons. The highest BCUT2D eigenvalue weighted by Crippen LogP contribution is 2.29. The maximum atomic E-state index is 13.2. The number of Topliss-reactive ketones (excluding diaryl/α,β-unsaturated/α-hetero) is 1. The van der Waals surface area contributed by atoms with Crippen molar-refractivity contribution < 1.29 is 27.3 Å². The standard InChI is InChI=1S/C20H16F3N5O3/c21-20(22,23)19-26-17(27-31-19)13-2-1-3-14(10-13)18(30)28-9-8-25-11-15(28)16(29)12-4-6-24-7-5-12/h1-7,10,15,25H,8-9,11H2. The molecule has 11 heteroatoms. The van der Waals surface area contributed by atoms with E-state index in [1.54, 1.807) is 12.1 Å². The maximum absolute atomic E-state index is 13.2. The van der Waals surface area contributed by atoms with E-state index in [9.17, 15) is 22.8 Å². The molecule has 1 fully saturated rings. The van der Waals surface area contributed by atoms with Crippen molar-refractivity contribution in [3.63, 3.8) is 0 Å². The Kier molecular flexibility index (Phi) is 5.51. The average molecular weight is 431 g/mol. The van der Waals surface area contributed by atoms with Crippen LogP contribution in [0.5, 0.6) is 0 Å². The number of piperazine rings is 1. The number of aromatic nitrogens is 3. The number of benzene rings is 1. The zero-order valence-electron chi connectivity index (χ0n) is 16.0. The Morgan fingerprint density at radius 1 is 1.13 bits per heavy atom. The largest absolute Gasteiger partial charge is 0.471 e. The van der Waals surface area contributed by atoms with Gasteiger partial charge in [0.05, 0.1) is 0 Å². The van der Waals surface area contributed by atoms with E-state index >= 15 is 0 Å². The molecule has 1 unspecified atom stereocenters. The summed E-state index contributed by atoms with van der Waals surface area (Å²) in [5.41, 5.74) is 0.823. The van der Waals surface area contributed by atoms with Crippen LogP contribution in [0.2, 0.25) is 0 Å². The lowest BCUT2D eigenvalue weighted by molar-refractivity contribution is -0.159. The molecule has 160 valence electrons. The number of carbonyl (C=O) groups excluding carboxylic acids is 2. The van der Waals surface area contributed by atoms with Crippen molar-refractivity contribution in [2.75, 3.05) is 19.6 Å². The van der Waals surface area contributed by atoms with E-state index in [0.717, 1.165) is 0 Å². The van der Waals surface area contributed by atoms with Crippen molar-refractivity contribution in [2.45, 2.75) is 12.2 Å². The lowest BCUT2D eigenvalue weighted by Gasteiger charge is -2.35. The quantitative estimate of drug-likeness (QED) is 0.633. The van der Waals surface area contributed by atoms with Crippen LogP contribution >= 0.6 is 0 Å². The summed E-state index contributed by atoms with van der Waals surface area (Å²) >= 11 is 0. The number of amides is 1. The lowest BCUT2D eigenvalue weighted by Crippen LogP contribution is -2.57. The van der Waals surface area contributed by atoms with Crippen molar-refractivity contribution in [1.29, 1.82) is 0 Å². The molecule has 3 heterocycles. The molecule has 1 N–H and O–H groups in total. The minimum atomic E-state index is -4.76. The molecule has 3 aromatic rings. The van der Waals surface area contributed by atoms with E-state index in [2.05, 4.69) is 25.0 Å². The monoisotopic (exact) mass is 431 g/mol. The molecule has 0 saturated carbocycles. The second-order valence-corrected chi connectivity index (χ2v) is 6.82. The van der Waals surface area contributed by atoms with E-state index in [1.807, 2.05) is 0 Å². The molecule has 1 aliphatic heterocycles. The second-order valence-electron chi connectivity index (χ2n) is 6.82. The van der Waals surface area contributed by atoms with E-state index in [-0.39, 0.29) is 29.3 Å². The molecular formula is C20H16F3N5O3. The SMILES string of the molecule is O=C(c1ccncc1)C1CNCCN1C(=O)c1cccc(-c2noc(C(F)(F)F)n2)c1. The number of pyridine rings is 1. The molecule has 1 aromatic carbocycles. The highest BCUT2D eigenvalue weighted by atomic mass is 19.4. The van der Waals surface area contributed by atoms with E-state index in [4.69, 9.17) is 0 Å². The summed E-state index contributed by atoms with van der Waals surface area (Å²) in [6.45, 7) is 1.09. The van der Waals surface area contributed by atoms with Gasteiger partial charge in [-0.2, -0.15) is 18.2 Å². The predicted molar refractivity (Wildman–Crippen MR) is 101 cm³/mol. The summed E-state index contributed by atoms with van der Waals surface area (Å²) in [6.07, 6.45) is -1.77. The van der Waals surface area contributed by atoms with Gasteiger partial charge >= 0.3 is 12.1 Å². The van der Waals surface area contributed by atoms with Gasteiger partial charge < -0.3 is 14.7 Å². The molecule has 0 bridgehead atoms. The summed E-state index contributed by atoms with van der Waals surface area (Å²) < 4.78 is 42.4. The van der Waals surface area contributed by atoms with Crippen LogP contribution in [0.15, 0.2) is 53.3 Å². The number of rotatable bonds is 4. The molecule has 1 aliphatic rings. The number of hydrogen-bond acceptors (Lipinski definition) is 7. The van der Waals surface area contributed by atoms with Crippen LogP contribution in [0.25, 0.3) is 11.4 Å². The van der Waals surface area contributed by atoms with Gasteiger partial charge in [-0.1, -0.05) is 17.3 Å². The molecule has 4 rings (SSSR count). The first-order valence-corrected chi connectivity index (χ1v) is 9.32. The fourth-order valence-electron chi connectivity index (χ4n) is 3.30. The van der Waals surface area contributed by atoms with Crippen molar-refractivity contribution in [1.82, 2.24) is 25.3 Å². The van der Waals surface area contributed by atoms with E-state index in [1.165, 1.54) is 41.6 Å². The number of carbonyl (C=O) groups is 2. The third-order valence-corrected chi connectivity index (χ3v) is 4.81. The van der Waals surface area contributed by atoms with Gasteiger partial charge in [0, 0.05) is 48.7 Å². The van der Waals surface area contributed by atoms with E-state index in [0.29, 0.717) is 18.7 Å². The van der Waals surface area contributed by atoms with Crippen LogP contribution in [0, 0.1) is 0 Å². The summed E-state index contributed by atoms with van der Waals surface area (Å²) in [5, 5.41) is 6.45. The molecule has 0 aliphatic carbocycles. The Bertz CT molecular complexity index is 1100. The molecule has 8 nitrogen and oxygen atoms in total. The van der Waals surface area contributed by atoms with Gasteiger partial charge in [-0.05, 0) is 24.3 Å². The van der Waals surface area contributed by atoms with Crippen LogP contribution in [0.4, 0.5) is 13.2 Å². The number of halogens is 3. The van der Waals surface area contributed by atoms with E-state index < -0.39 is 24.0 Å². The first-order chi connectivity index (χ1) is 14.8. The molecule has 1 saturated heterocycles. The normalized spacial score (nSPS) is 16.9. The molecule has 1 atom stereocenters.